The summed E-state index contributed by atoms with van der Waals surface area (Å²) in [5, 5.41) is 2.81. The summed E-state index contributed by atoms with van der Waals surface area (Å²) in [7, 11) is 1.41. The highest BCUT2D eigenvalue weighted by Gasteiger charge is 2.17. The first kappa shape index (κ1) is 20.5. The van der Waals surface area contributed by atoms with Crippen LogP contribution in [-0.4, -0.2) is 30.8 Å². The van der Waals surface area contributed by atoms with Crippen LogP contribution in [0.25, 0.3) is 0 Å². The van der Waals surface area contributed by atoms with Crippen molar-refractivity contribution in [3.8, 4) is 0 Å². The normalized spacial score (nSPS) is 14.5. The van der Waals surface area contributed by atoms with E-state index in [-0.39, 0.29) is 24.0 Å². The molecule has 0 fully saturated rings. The van der Waals surface area contributed by atoms with E-state index in [1.807, 2.05) is 34.6 Å². The molecule has 0 heterocycles. The maximum absolute atomic E-state index is 11.6. The molecule has 0 unspecified atom stereocenters. The van der Waals surface area contributed by atoms with Crippen LogP contribution < -0.4 is 5.32 Å². The van der Waals surface area contributed by atoms with Gasteiger partial charge in [-0.1, -0.05) is 19.1 Å². The first-order chi connectivity index (χ1) is 10.2. The Morgan fingerprint density at radius 1 is 1.09 bits per heavy atom. The standard InChI is InChI=1S/C17H31NO4/c1-13(15(19)21-6)11-9-7-8-10-12-14(2)18-16(20)22-17(3,4)5/h7-8,13-14H,9-12H2,1-6H3,(H,18,20)/b8-7-/t13-,14+/m0/s1. The van der Waals surface area contributed by atoms with Gasteiger partial charge in [-0.3, -0.25) is 4.79 Å². The van der Waals surface area contributed by atoms with Gasteiger partial charge in [-0.2, -0.15) is 0 Å². The zero-order chi connectivity index (χ0) is 17.2. The van der Waals surface area contributed by atoms with Crippen molar-refractivity contribution in [3.63, 3.8) is 0 Å². The van der Waals surface area contributed by atoms with E-state index in [2.05, 4.69) is 22.2 Å². The quantitative estimate of drug-likeness (QED) is 0.546. The number of alkyl carbamates (subject to hydrolysis) is 1. The molecule has 0 aliphatic heterocycles. The molecule has 0 aromatic carbocycles. The molecule has 0 radical (unpaired) electrons. The molecule has 0 aliphatic carbocycles. The van der Waals surface area contributed by atoms with Gasteiger partial charge in [0.25, 0.3) is 0 Å². The first-order valence-electron chi connectivity index (χ1n) is 7.88. The van der Waals surface area contributed by atoms with Gasteiger partial charge in [0.2, 0.25) is 0 Å². The third-order valence-corrected chi connectivity index (χ3v) is 3.07. The number of methoxy groups -OCH3 is 1. The van der Waals surface area contributed by atoms with Crippen LogP contribution >= 0.6 is 0 Å². The Bertz CT molecular complexity index is 371. The Morgan fingerprint density at radius 2 is 1.64 bits per heavy atom. The number of esters is 1. The fourth-order valence-electron chi connectivity index (χ4n) is 1.83. The molecule has 0 aliphatic rings. The second-order valence-electron chi connectivity index (χ2n) is 6.60. The third kappa shape index (κ3) is 11.2. The fourth-order valence-corrected chi connectivity index (χ4v) is 1.83. The fraction of sp³-hybridized carbons (Fsp3) is 0.765. The lowest BCUT2D eigenvalue weighted by atomic mass is 10.1. The summed E-state index contributed by atoms with van der Waals surface area (Å²) >= 11 is 0. The molecule has 0 saturated carbocycles. The second kappa shape index (κ2) is 10.2. The number of ether oxygens (including phenoxy) is 2. The minimum atomic E-state index is -0.472. The van der Waals surface area contributed by atoms with Crippen molar-refractivity contribution in [2.75, 3.05) is 7.11 Å². The van der Waals surface area contributed by atoms with E-state index in [4.69, 9.17) is 4.74 Å². The van der Waals surface area contributed by atoms with Crippen LogP contribution in [0.15, 0.2) is 12.2 Å². The molecule has 0 bridgehead atoms. The third-order valence-electron chi connectivity index (χ3n) is 3.07. The Kier molecular flexibility index (Phi) is 9.54. The predicted octanol–water partition coefficient (Wildman–Crippen LogP) is 3.83. The summed E-state index contributed by atoms with van der Waals surface area (Å²) in [5.74, 6) is -0.231. The molecule has 0 spiro atoms. The van der Waals surface area contributed by atoms with Gasteiger partial charge < -0.3 is 14.8 Å². The van der Waals surface area contributed by atoms with E-state index in [0.29, 0.717) is 0 Å². The van der Waals surface area contributed by atoms with E-state index in [1.165, 1.54) is 7.11 Å². The maximum Gasteiger partial charge on any atom is 0.407 e. The smallest absolute Gasteiger partial charge is 0.407 e. The molecule has 1 amide bonds. The summed E-state index contributed by atoms with van der Waals surface area (Å²) in [4.78, 5) is 22.8. The topological polar surface area (TPSA) is 64.6 Å². The van der Waals surface area contributed by atoms with E-state index in [0.717, 1.165) is 25.7 Å². The molecule has 2 atom stereocenters. The highest BCUT2D eigenvalue weighted by Crippen LogP contribution is 2.09. The Hall–Kier alpha value is -1.52. The largest absolute Gasteiger partial charge is 0.469 e. The highest BCUT2D eigenvalue weighted by atomic mass is 16.6. The Labute approximate surface area is 134 Å². The summed E-state index contributed by atoms with van der Waals surface area (Å²) in [5.41, 5.74) is -0.472. The summed E-state index contributed by atoms with van der Waals surface area (Å²) in [6.07, 6.45) is 7.14. The number of nitrogens with one attached hydrogen (secondary N) is 1. The van der Waals surface area contributed by atoms with Gasteiger partial charge >= 0.3 is 12.1 Å². The summed E-state index contributed by atoms with van der Waals surface area (Å²) in [6, 6.07) is 0.0634. The van der Waals surface area contributed by atoms with Crippen LogP contribution in [0.5, 0.6) is 0 Å². The minimum absolute atomic E-state index is 0.0634. The van der Waals surface area contributed by atoms with Crippen molar-refractivity contribution < 1.29 is 19.1 Å². The first-order valence-corrected chi connectivity index (χ1v) is 7.88. The Morgan fingerprint density at radius 3 is 2.14 bits per heavy atom. The van der Waals surface area contributed by atoms with Crippen molar-refractivity contribution >= 4 is 12.1 Å². The summed E-state index contributed by atoms with van der Waals surface area (Å²) < 4.78 is 9.88. The van der Waals surface area contributed by atoms with Gasteiger partial charge in [0.05, 0.1) is 13.0 Å². The minimum Gasteiger partial charge on any atom is -0.469 e. The number of carbonyl (C=O) groups is 2. The van der Waals surface area contributed by atoms with Crippen LogP contribution in [0.2, 0.25) is 0 Å². The van der Waals surface area contributed by atoms with E-state index < -0.39 is 5.60 Å². The number of hydrogen-bond acceptors (Lipinski definition) is 4. The van der Waals surface area contributed by atoms with Crippen LogP contribution in [0, 0.1) is 5.92 Å². The van der Waals surface area contributed by atoms with Crippen molar-refractivity contribution in [1.82, 2.24) is 5.32 Å². The molecule has 5 heteroatoms. The lowest BCUT2D eigenvalue weighted by Gasteiger charge is -2.21. The molecule has 5 nitrogen and oxygen atoms in total. The zero-order valence-electron chi connectivity index (χ0n) is 14.8. The van der Waals surface area contributed by atoms with Crippen LogP contribution in [0.3, 0.4) is 0 Å². The van der Waals surface area contributed by atoms with Crippen molar-refractivity contribution in [2.24, 2.45) is 5.92 Å². The van der Waals surface area contributed by atoms with Crippen molar-refractivity contribution in [3.05, 3.63) is 12.2 Å². The average Bonchev–Trinajstić information content (AvgIpc) is 2.38. The van der Waals surface area contributed by atoms with Crippen LogP contribution in [-0.2, 0) is 14.3 Å². The van der Waals surface area contributed by atoms with Gasteiger partial charge in [0.15, 0.2) is 0 Å². The molecule has 0 aromatic heterocycles. The number of allylic oxidation sites excluding steroid dienone is 2. The number of carbonyl (C=O) groups excluding carboxylic acids is 2. The molecule has 128 valence electrons. The SMILES string of the molecule is COC(=O)[C@@H](C)CC/C=C\CC[C@@H](C)NC(=O)OC(C)(C)C. The molecule has 0 rings (SSSR count). The average molecular weight is 313 g/mol. The number of amides is 1. The van der Waals surface area contributed by atoms with Gasteiger partial charge in [0.1, 0.15) is 5.60 Å². The maximum atomic E-state index is 11.6. The van der Waals surface area contributed by atoms with Gasteiger partial charge in [-0.05, 0) is 53.4 Å². The number of rotatable bonds is 8. The van der Waals surface area contributed by atoms with Gasteiger partial charge in [-0.25, -0.2) is 4.79 Å². The lowest BCUT2D eigenvalue weighted by molar-refractivity contribution is -0.145. The van der Waals surface area contributed by atoms with Gasteiger partial charge in [0, 0.05) is 6.04 Å². The monoisotopic (exact) mass is 313 g/mol. The molecular formula is C17H31NO4. The molecule has 0 aromatic rings. The molecule has 0 saturated heterocycles. The van der Waals surface area contributed by atoms with Crippen molar-refractivity contribution in [2.45, 2.75) is 71.9 Å². The zero-order valence-corrected chi connectivity index (χ0v) is 14.8. The molecule has 22 heavy (non-hydrogen) atoms. The summed E-state index contributed by atoms with van der Waals surface area (Å²) in [6.45, 7) is 9.35. The van der Waals surface area contributed by atoms with Crippen molar-refractivity contribution in [1.29, 1.82) is 0 Å². The molecule has 1 N–H and O–H groups in total. The van der Waals surface area contributed by atoms with E-state index >= 15 is 0 Å². The van der Waals surface area contributed by atoms with Gasteiger partial charge in [-0.15, -0.1) is 0 Å². The van der Waals surface area contributed by atoms with E-state index in [1.54, 1.807) is 0 Å². The number of hydrogen-bond donors (Lipinski definition) is 1. The van der Waals surface area contributed by atoms with E-state index in [9.17, 15) is 9.59 Å². The predicted molar refractivity (Wildman–Crippen MR) is 87.6 cm³/mol. The second-order valence-corrected chi connectivity index (χ2v) is 6.60. The Balaban J connectivity index is 3.80. The lowest BCUT2D eigenvalue weighted by Crippen LogP contribution is -2.37. The highest BCUT2D eigenvalue weighted by molar-refractivity contribution is 5.71. The van der Waals surface area contributed by atoms with Crippen LogP contribution in [0.1, 0.15) is 60.3 Å². The van der Waals surface area contributed by atoms with Crippen LogP contribution in [0.4, 0.5) is 4.79 Å². The molecular weight excluding hydrogens is 282 g/mol.